The van der Waals surface area contributed by atoms with Crippen molar-refractivity contribution in [2.45, 2.75) is 16.7 Å². The monoisotopic (exact) mass is 240 g/mol. The lowest BCUT2D eigenvalue weighted by Crippen LogP contribution is -1.90. The first-order chi connectivity index (χ1) is 8.20. The van der Waals surface area contributed by atoms with Gasteiger partial charge in [0.05, 0.1) is 11.3 Å². The van der Waals surface area contributed by atoms with E-state index in [0.717, 1.165) is 4.90 Å². The third-order valence-electron chi connectivity index (χ3n) is 2.46. The normalized spacial score (nSPS) is 9.88. The first-order valence-corrected chi connectivity index (χ1v) is 6.05. The van der Waals surface area contributed by atoms with Gasteiger partial charge >= 0.3 is 0 Å². The molecule has 0 amide bonds. The van der Waals surface area contributed by atoms with Crippen molar-refractivity contribution >= 4 is 17.4 Å². The van der Waals surface area contributed by atoms with Gasteiger partial charge in [0.1, 0.15) is 6.07 Å². The second-order valence-corrected chi connectivity index (χ2v) is 4.84. The molecule has 0 spiro atoms. The molecule has 2 N–H and O–H groups in total. The van der Waals surface area contributed by atoms with Crippen LogP contribution in [0.15, 0.2) is 52.3 Å². The first kappa shape index (κ1) is 11.6. The Morgan fingerprint density at radius 3 is 2.59 bits per heavy atom. The van der Waals surface area contributed by atoms with E-state index in [1.54, 1.807) is 17.8 Å². The topological polar surface area (TPSA) is 49.8 Å². The number of aryl methyl sites for hydroxylation is 1. The molecule has 3 heteroatoms. The van der Waals surface area contributed by atoms with Crippen molar-refractivity contribution in [3.8, 4) is 6.07 Å². The molecule has 84 valence electrons. The van der Waals surface area contributed by atoms with Gasteiger partial charge in [-0.15, -0.1) is 0 Å². The highest BCUT2D eigenvalue weighted by Crippen LogP contribution is 2.31. The molecule has 0 saturated heterocycles. The molecule has 2 nitrogen and oxygen atoms in total. The number of rotatable bonds is 2. The van der Waals surface area contributed by atoms with Crippen LogP contribution in [0.4, 0.5) is 5.69 Å². The Balaban J connectivity index is 2.29. The number of benzene rings is 2. The maximum Gasteiger partial charge on any atom is 0.101 e. The highest BCUT2D eigenvalue weighted by molar-refractivity contribution is 7.99. The third kappa shape index (κ3) is 2.61. The predicted molar refractivity (Wildman–Crippen MR) is 70.9 cm³/mol. The number of hydrogen-bond acceptors (Lipinski definition) is 3. The van der Waals surface area contributed by atoms with Gasteiger partial charge in [-0.2, -0.15) is 5.26 Å². The summed E-state index contributed by atoms with van der Waals surface area (Å²) in [6, 6.07) is 15.8. The predicted octanol–water partition coefficient (Wildman–Crippen LogP) is 3.60. The Morgan fingerprint density at radius 1 is 1.18 bits per heavy atom. The van der Waals surface area contributed by atoms with Crippen LogP contribution in [0.2, 0.25) is 0 Å². The Kier molecular flexibility index (Phi) is 3.36. The molecule has 0 saturated carbocycles. The van der Waals surface area contributed by atoms with Crippen molar-refractivity contribution in [3.63, 3.8) is 0 Å². The lowest BCUT2D eigenvalue weighted by Gasteiger charge is -2.06. The van der Waals surface area contributed by atoms with Gasteiger partial charge in [0.15, 0.2) is 0 Å². The molecular weight excluding hydrogens is 228 g/mol. The molecule has 0 bridgehead atoms. The van der Waals surface area contributed by atoms with Gasteiger partial charge < -0.3 is 5.73 Å². The molecule has 0 aromatic heterocycles. The molecule has 0 radical (unpaired) electrons. The first-order valence-electron chi connectivity index (χ1n) is 5.24. The second-order valence-electron chi connectivity index (χ2n) is 3.73. The molecule has 0 heterocycles. The minimum absolute atomic E-state index is 0.527. The van der Waals surface area contributed by atoms with Gasteiger partial charge in [-0.25, -0.2) is 0 Å². The summed E-state index contributed by atoms with van der Waals surface area (Å²) in [5.74, 6) is 0. The molecule has 0 unspecified atom stereocenters. The molecule has 0 aliphatic rings. The molecular formula is C14H12N2S. The maximum absolute atomic E-state index is 8.81. The van der Waals surface area contributed by atoms with Crippen LogP contribution in [-0.4, -0.2) is 0 Å². The fourth-order valence-corrected chi connectivity index (χ4v) is 2.46. The van der Waals surface area contributed by atoms with Crippen LogP contribution < -0.4 is 5.73 Å². The van der Waals surface area contributed by atoms with Crippen LogP contribution in [0.5, 0.6) is 0 Å². The maximum atomic E-state index is 8.81. The Labute approximate surface area is 105 Å². The summed E-state index contributed by atoms with van der Waals surface area (Å²) in [6.07, 6.45) is 0. The Hall–Kier alpha value is -1.92. The lowest BCUT2D eigenvalue weighted by molar-refractivity contribution is 1.29. The van der Waals surface area contributed by atoms with Crippen LogP contribution in [0.25, 0.3) is 0 Å². The van der Waals surface area contributed by atoms with Crippen molar-refractivity contribution in [3.05, 3.63) is 53.6 Å². The second kappa shape index (κ2) is 4.94. The summed E-state index contributed by atoms with van der Waals surface area (Å²) in [5.41, 5.74) is 8.08. The number of hydrogen-bond donors (Lipinski definition) is 1. The van der Waals surface area contributed by atoms with E-state index < -0.39 is 0 Å². The van der Waals surface area contributed by atoms with Crippen molar-refractivity contribution in [2.75, 3.05) is 5.73 Å². The van der Waals surface area contributed by atoms with Gasteiger partial charge in [-0.1, -0.05) is 30.0 Å². The molecule has 2 rings (SSSR count). The zero-order chi connectivity index (χ0) is 12.3. The average molecular weight is 240 g/mol. The molecule has 0 atom stereocenters. The standard InChI is InChI=1S/C14H12N2S/c1-10-4-2-3-5-14(10)17-12-7-6-11(9-15)13(16)8-12/h2-8H,16H2,1H3. The third-order valence-corrected chi connectivity index (χ3v) is 3.63. The number of nitrogens with zero attached hydrogens (tertiary/aromatic N) is 1. The Morgan fingerprint density at radius 2 is 1.94 bits per heavy atom. The van der Waals surface area contributed by atoms with E-state index in [1.807, 2.05) is 24.3 Å². The summed E-state index contributed by atoms with van der Waals surface area (Å²) < 4.78 is 0. The summed E-state index contributed by atoms with van der Waals surface area (Å²) in [7, 11) is 0. The Bertz CT molecular complexity index is 585. The van der Waals surface area contributed by atoms with E-state index >= 15 is 0 Å². The molecule has 0 aliphatic carbocycles. The van der Waals surface area contributed by atoms with Gasteiger partial charge in [0.2, 0.25) is 0 Å². The number of anilines is 1. The average Bonchev–Trinajstić information content (AvgIpc) is 2.32. The van der Waals surface area contributed by atoms with E-state index in [-0.39, 0.29) is 0 Å². The van der Waals surface area contributed by atoms with Crippen LogP contribution >= 0.6 is 11.8 Å². The van der Waals surface area contributed by atoms with E-state index in [1.165, 1.54) is 10.5 Å². The zero-order valence-corrected chi connectivity index (χ0v) is 10.3. The number of nitrogens with two attached hydrogens (primary N) is 1. The SMILES string of the molecule is Cc1ccccc1Sc1ccc(C#N)c(N)c1. The van der Waals surface area contributed by atoms with E-state index in [0.29, 0.717) is 11.3 Å². The lowest BCUT2D eigenvalue weighted by atomic mass is 10.2. The van der Waals surface area contributed by atoms with Crippen LogP contribution in [0, 0.1) is 18.3 Å². The van der Waals surface area contributed by atoms with E-state index in [4.69, 9.17) is 11.0 Å². The van der Waals surface area contributed by atoms with Crippen molar-refractivity contribution in [1.29, 1.82) is 5.26 Å². The van der Waals surface area contributed by atoms with Crippen LogP contribution in [-0.2, 0) is 0 Å². The fourth-order valence-electron chi connectivity index (χ4n) is 1.50. The summed E-state index contributed by atoms with van der Waals surface area (Å²) >= 11 is 1.66. The molecule has 2 aromatic rings. The smallest absolute Gasteiger partial charge is 0.101 e. The van der Waals surface area contributed by atoms with E-state index in [2.05, 4.69) is 25.1 Å². The van der Waals surface area contributed by atoms with Crippen molar-refractivity contribution in [1.82, 2.24) is 0 Å². The van der Waals surface area contributed by atoms with Crippen molar-refractivity contribution < 1.29 is 0 Å². The van der Waals surface area contributed by atoms with Crippen molar-refractivity contribution in [2.24, 2.45) is 0 Å². The summed E-state index contributed by atoms with van der Waals surface area (Å²) in [4.78, 5) is 2.26. The quantitative estimate of drug-likeness (QED) is 0.816. The summed E-state index contributed by atoms with van der Waals surface area (Å²) in [5, 5.41) is 8.81. The fraction of sp³-hybridized carbons (Fsp3) is 0.0714. The molecule has 17 heavy (non-hydrogen) atoms. The van der Waals surface area contributed by atoms with E-state index in [9.17, 15) is 0 Å². The minimum Gasteiger partial charge on any atom is -0.398 e. The van der Waals surface area contributed by atoms with Gasteiger partial charge in [0, 0.05) is 9.79 Å². The largest absolute Gasteiger partial charge is 0.398 e. The minimum atomic E-state index is 0.527. The molecule has 0 fully saturated rings. The molecule has 2 aromatic carbocycles. The number of nitrogen functional groups attached to an aromatic ring is 1. The van der Waals surface area contributed by atoms with Gasteiger partial charge in [-0.3, -0.25) is 0 Å². The molecule has 0 aliphatic heterocycles. The highest BCUT2D eigenvalue weighted by atomic mass is 32.2. The van der Waals surface area contributed by atoms with Gasteiger partial charge in [-0.05, 0) is 36.8 Å². The van der Waals surface area contributed by atoms with Crippen LogP contribution in [0.1, 0.15) is 11.1 Å². The highest BCUT2D eigenvalue weighted by Gasteiger charge is 2.03. The van der Waals surface area contributed by atoms with Gasteiger partial charge in [0.25, 0.3) is 0 Å². The summed E-state index contributed by atoms with van der Waals surface area (Å²) in [6.45, 7) is 2.08. The number of nitriles is 1. The zero-order valence-electron chi connectivity index (χ0n) is 9.47. The van der Waals surface area contributed by atoms with Crippen LogP contribution in [0.3, 0.4) is 0 Å².